The quantitative estimate of drug-likeness (QED) is 0.602. The zero-order chi connectivity index (χ0) is 14.9. The van der Waals surface area contributed by atoms with Crippen LogP contribution in [0.3, 0.4) is 0 Å². The predicted molar refractivity (Wildman–Crippen MR) is 69.1 cm³/mol. The summed E-state index contributed by atoms with van der Waals surface area (Å²) in [5.74, 6) is -1.20. The van der Waals surface area contributed by atoms with E-state index < -0.39 is 32.6 Å². The van der Waals surface area contributed by atoms with E-state index in [1.807, 2.05) is 0 Å². The molecule has 0 spiro atoms. The first-order valence-electron chi connectivity index (χ1n) is 6.09. The van der Waals surface area contributed by atoms with Crippen LogP contribution in [0.25, 0.3) is 0 Å². The van der Waals surface area contributed by atoms with Gasteiger partial charge in [-0.1, -0.05) is 0 Å². The minimum atomic E-state index is -3.11. The van der Waals surface area contributed by atoms with Crippen LogP contribution in [0.2, 0.25) is 0 Å². The zero-order valence-electron chi connectivity index (χ0n) is 10.8. The number of carbonyl (C=O) groups excluding carboxylic acids is 1. The smallest absolute Gasteiger partial charge is 0.395 e. The average Bonchev–Trinajstić information content (AvgIpc) is 2.97. The third-order valence-electron chi connectivity index (χ3n) is 3.23. The number of nitro groups is 1. The van der Waals surface area contributed by atoms with Gasteiger partial charge in [0.2, 0.25) is 0 Å². The normalized spacial score (nSPS) is 20.8. The molecule has 0 N–H and O–H groups in total. The highest BCUT2D eigenvalue weighted by Gasteiger charge is 2.35. The number of hydrogen-bond donors (Lipinski definition) is 0. The van der Waals surface area contributed by atoms with Crippen molar-refractivity contribution in [3.05, 3.63) is 28.0 Å². The Morgan fingerprint density at radius 3 is 2.70 bits per heavy atom. The van der Waals surface area contributed by atoms with E-state index in [4.69, 9.17) is 4.42 Å². The molecule has 0 saturated carbocycles. The Bertz CT molecular complexity index is 635. The van der Waals surface area contributed by atoms with Gasteiger partial charge in [-0.3, -0.25) is 14.9 Å². The molecule has 1 fully saturated rings. The molecule has 1 aliphatic heterocycles. The summed E-state index contributed by atoms with van der Waals surface area (Å²) >= 11 is 0. The molecule has 0 radical (unpaired) electrons. The fourth-order valence-corrected chi connectivity index (χ4v) is 4.00. The van der Waals surface area contributed by atoms with Gasteiger partial charge in [0.05, 0.1) is 17.6 Å². The van der Waals surface area contributed by atoms with E-state index in [0.717, 1.165) is 6.07 Å². The van der Waals surface area contributed by atoms with Crippen LogP contribution in [0.5, 0.6) is 0 Å². The standard InChI is InChI=1S/C11H14N2O6S/c1-2-12(8-5-6-20(17,18)7-8)11(14)9-3-4-10(19-9)13(15)16/h3-4,8H,2,5-7H2,1H3/t8-/m0/s1. The SMILES string of the molecule is CCN(C(=O)c1ccc([N+](=O)[O-])o1)[C@H]1CCS(=O)(=O)C1. The summed E-state index contributed by atoms with van der Waals surface area (Å²) in [6, 6.07) is 1.93. The number of nitrogens with zero attached hydrogens (tertiary/aromatic N) is 2. The fraction of sp³-hybridized carbons (Fsp3) is 0.545. The molecule has 1 amide bonds. The second-order valence-electron chi connectivity index (χ2n) is 4.54. The Morgan fingerprint density at radius 2 is 2.25 bits per heavy atom. The van der Waals surface area contributed by atoms with E-state index in [1.165, 1.54) is 11.0 Å². The first-order valence-corrected chi connectivity index (χ1v) is 7.92. The Morgan fingerprint density at radius 1 is 1.55 bits per heavy atom. The molecule has 110 valence electrons. The fourth-order valence-electron chi connectivity index (χ4n) is 2.27. The maximum atomic E-state index is 12.2. The summed E-state index contributed by atoms with van der Waals surface area (Å²) in [6.45, 7) is 2.04. The van der Waals surface area contributed by atoms with Crippen molar-refractivity contribution < 1.29 is 22.6 Å². The van der Waals surface area contributed by atoms with Crippen LogP contribution in [0, 0.1) is 10.1 Å². The third kappa shape index (κ3) is 2.82. The Hall–Kier alpha value is -1.90. The van der Waals surface area contributed by atoms with Gasteiger partial charge in [-0.15, -0.1) is 0 Å². The first kappa shape index (κ1) is 14.5. The zero-order valence-corrected chi connectivity index (χ0v) is 11.6. The van der Waals surface area contributed by atoms with Crippen molar-refractivity contribution in [2.24, 2.45) is 0 Å². The lowest BCUT2D eigenvalue weighted by atomic mass is 10.2. The summed E-state index contributed by atoms with van der Waals surface area (Å²) in [5, 5.41) is 10.5. The average molecular weight is 302 g/mol. The van der Waals surface area contributed by atoms with E-state index in [1.54, 1.807) is 6.92 Å². The highest BCUT2D eigenvalue weighted by Crippen LogP contribution is 2.22. The number of sulfone groups is 1. The molecule has 2 heterocycles. The van der Waals surface area contributed by atoms with E-state index in [9.17, 15) is 23.3 Å². The molecule has 0 bridgehead atoms. The molecule has 1 saturated heterocycles. The molecule has 1 aromatic rings. The van der Waals surface area contributed by atoms with Crippen molar-refractivity contribution in [2.75, 3.05) is 18.1 Å². The summed E-state index contributed by atoms with van der Waals surface area (Å²) in [5.41, 5.74) is 0. The summed E-state index contributed by atoms with van der Waals surface area (Å²) < 4.78 is 27.8. The highest BCUT2D eigenvalue weighted by molar-refractivity contribution is 7.91. The molecule has 1 aromatic heterocycles. The highest BCUT2D eigenvalue weighted by atomic mass is 32.2. The van der Waals surface area contributed by atoms with Crippen molar-refractivity contribution in [1.29, 1.82) is 0 Å². The number of rotatable bonds is 4. The number of furan rings is 1. The van der Waals surface area contributed by atoms with Crippen LogP contribution in [0.1, 0.15) is 23.9 Å². The van der Waals surface area contributed by atoms with Gasteiger partial charge in [-0.25, -0.2) is 8.42 Å². The van der Waals surface area contributed by atoms with Crippen LogP contribution in [-0.4, -0.2) is 48.2 Å². The Labute approximate surface area is 115 Å². The molecule has 2 rings (SSSR count). The largest absolute Gasteiger partial charge is 0.433 e. The molecule has 0 aromatic carbocycles. The van der Waals surface area contributed by atoms with Gasteiger partial charge in [0.1, 0.15) is 4.92 Å². The van der Waals surface area contributed by atoms with Gasteiger partial charge < -0.3 is 9.32 Å². The van der Waals surface area contributed by atoms with Gasteiger partial charge in [0.25, 0.3) is 5.91 Å². The number of amides is 1. The van der Waals surface area contributed by atoms with Gasteiger partial charge in [0, 0.05) is 12.6 Å². The number of carbonyl (C=O) groups is 1. The predicted octanol–water partition coefficient (Wildman–Crippen LogP) is 0.837. The Balaban J connectivity index is 2.19. The van der Waals surface area contributed by atoms with E-state index in [2.05, 4.69) is 0 Å². The van der Waals surface area contributed by atoms with E-state index >= 15 is 0 Å². The molecular weight excluding hydrogens is 288 g/mol. The maximum Gasteiger partial charge on any atom is 0.433 e. The first-order chi connectivity index (χ1) is 9.34. The van der Waals surface area contributed by atoms with E-state index in [-0.39, 0.29) is 17.3 Å². The van der Waals surface area contributed by atoms with Crippen LogP contribution >= 0.6 is 0 Å². The molecule has 0 aliphatic carbocycles. The molecule has 20 heavy (non-hydrogen) atoms. The lowest BCUT2D eigenvalue weighted by Crippen LogP contribution is -2.40. The molecule has 1 atom stereocenters. The topological polar surface area (TPSA) is 111 Å². The van der Waals surface area contributed by atoms with Gasteiger partial charge in [-0.2, -0.15) is 0 Å². The van der Waals surface area contributed by atoms with Crippen LogP contribution in [0.4, 0.5) is 5.88 Å². The van der Waals surface area contributed by atoms with Gasteiger partial charge in [0.15, 0.2) is 15.6 Å². The van der Waals surface area contributed by atoms with E-state index in [0.29, 0.717) is 13.0 Å². The van der Waals surface area contributed by atoms with Gasteiger partial charge in [-0.05, 0) is 19.4 Å². The number of hydrogen-bond acceptors (Lipinski definition) is 6. The van der Waals surface area contributed by atoms with Crippen molar-refractivity contribution in [3.63, 3.8) is 0 Å². The van der Waals surface area contributed by atoms with Crippen molar-refractivity contribution in [2.45, 2.75) is 19.4 Å². The molecular formula is C11H14N2O6S. The maximum absolute atomic E-state index is 12.2. The summed E-state index contributed by atoms with van der Waals surface area (Å²) in [4.78, 5) is 23.4. The summed E-state index contributed by atoms with van der Waals surface area (Å²) in [6.07, 6.45) is 0.380. The lowest BCUT2D eigenvalue weighted by Gasteiger charge is -2.25. The third-order valence-corrected chi connectivity index (χ3v) is 4.98. The monoisotopic (exact) mass is 302 g/mol. The van der Waals surface area contributed by atoms with Crippen LogP contribution in [0.15, 0.2) is 16.5 Å². The van der Waals surface area contributed by atoms with Gasteiger partial charge >= 0.3 is 5.88 Å². The van der Waals surface area contributed by atoms with Crippen molar-refractivity contribution >= 4 is 21.6 Å². The molecule has 1 aliphatic rings. The van der Waals surface area contributed by atoms with Crippen LogP contribution < -0.4 is 0 Å². The molecule has 0 unspecified atom stereocenters. The lowest BCUT2D eigenvalue weighted by molar-refractivity contribution is -0.402. The minimum Gasteiger partial charge on any atom is -0.395 e. The molecule has 9 heteroatoms. The minimum absolute atomic E-state index is 0.0553. The van der Waals surface area contributed by atoms with Crippen molar-refractivity contribution in [1.82, 2.24) is 4.90 Å². The Kier molecular flexibility index (Phi) is 3.80. The molecule has 8 nitrogen and oxygen atoms in total. The second kappa shape index (κ2) is 5.23. The van der Waals surface area contributed by atoms with Crippen molar-refractivity contribution in [3.8, 4) is 0 Å². The van der Waals surface area contributed by atoms with Crippen LogP contribution in [-0.2, 0) is 9.84 Å². The second-order valence-corrected chi connectivity index (χ2v) is 6.77. The summed E-state index contributed by atoms with van der Waals surface area (Å²) in [7, 11) is -3.11.